The molecule has 1 aliphatic carbocycles. The number of halogens is 1. The van der Waals surface area contributed by atoms with Crippen LogP contribution in [0.4, 0.5) is 0 Å². The second-order valence-corrected chi connectivity index (χ2v) is 7.61. The number of hydrogen-bond donors (Lipinski definition) is 1. The minimum Gasteiger partial charge on any atom is -0.310 e. The quantitative estimate of drug-likeness (QED) is 0.902. The van der Waals surface area contributed by atoms with Crippen molar-refractivity contribution in [2.24, 2.45) is 5.92 Å². The molecule has 2 unspecified atom stereocenters. The fourth-order valence-electron chi connectivity index (χ4n) is 3.43. The van der Waals surface area contributed by atoms with Crippen molar-refractivity contribution in [1.82, 2.24) is 10.2 Å². The van der Waals surface area contributed by atoms with Gasteiger partial charge in [-0.3, -0.25) is 4.90 Å². The Balaban J connectivity index is 1.77. The molecule has 2 fully saturated rings. The summed E-state index contributed by atoms with van der Waals surface area (Å²) in [5.74, 6) is 0.884. The van der Waals surface area contributed by atoms with Gasteiger partial charge in [-0.15, -0.1) is 0 Å². The van der Waals surface area contributed by atoms with Crippen LogP contribution in [0.15, 0.2) is 28.7 Å². The summed E-state index contributed by atoms with van der Waals surface area (Å²) >= 11 is 3.69. The molecule has 0 spiro atoms. The van der Waals surface area contributed by atoms with E-state index in [4.69, 9.17) is 0 Å². The molecule has 1 aromatic rings. The normalized spacial score (nSPS) is 32.0. The predicted molar refractivity (Wildman–Crippen MR) is 87.8 cm³/mol. The van der Waals surface area contributed by atoms with E-state index in [0.717, 1.165) is 19.0 Å². The summed E-state index contributed by atoms with van der Waals surface area (Å²) in [5, 5.41) is 3.83. The maximum Gasteiger partial charge on any atom is 0.0308 e. The van der Waals surface area contributed by atoms with E-state index < -0.39 is 0 Å². The van der Waals surface area contributed by atoms with Gasteiger partial charge in [0.2, 0.25) is 0 Å². The molecule has 0 radical (unpaired) electrons. The molecular weight excluding hydrogens is 312 g/mol. The smallest absolute Gasteiger partial charge is 0.0308 e. The minimum atomic E-state index is 0.312. The fourth-order valence-corrected chi connectivity index (χ4v) is 3.84. The highest BCUT2D eigenvalue weighted by Crippen LogP contribution is 2.41. The van der Waals surface area contributed by atoms with Gasteiger partial charge >= 0.3 is 0 Å². The van der Waals surface area contributed by atoms with Crippen molar-refractivity contribution in [3.63, 3.8) is 0 Å². The molecule has 3 heteroatoms. The topological polar surface area (TPSA) is 15.3 Å². The van der Waals surface area contributed by atoms with Gasteiger partial charge in [-0.2, -0.15) is 0 Å². The first kappa shape index (κ1) is 14.6. The lowest BCUT2D eigenvalue weighted by Crippen LogP contribution is -2.51. The monoisotopic (exact) mass is 336 g/mol. The zero-order chi connectivity index (χ0) is 14.2. The Bertz CT molecular complexity index is 472. The third-order valence-corrected chi connectivity index (χ3v) is 5.83. The number of nitrogens with zero attached hydrogens (tertiary/aromatic N) is 1. The first-order chi connectivity index (χ1) is 9.58. The van der Waals surface area contributed by atoms with E-state index in [1.54, 1.807) is 0 Å². The van der Waals surface area contributed by atoms with Gasteiger partial charge in [-0.25, -0.2) is 0 Å². The molecular formula is C17H25BrN2. The van der Waals surface area contributed by atoms with Gasteiger partial charge in [-0.1, -0.05) is 34.1 Å². The third kappa shape index (κ3) is 3.10. The van der Waals surface area contributed by atoms with E-state index in [1.807, 2.05) is 0 Å². The zero-order valence-electron chi connectivity index (χ0n) is 12.5. The van der Waals surface area contributed by atoms with Gasteiger partial charge < -0.3 is 5.32 Å². The van der Waals surface area contributed by atoms with Crippen LogP contribution in [0, 0.1) is 5.92 Å². The van der Waals surface area contributed by atoms with Crippen LogP contribution >= 0.6 is 15.9 Å². The van der Waals surface area contributed by atoms with Crippen LogP contribution < -0.4 is 5.32 Å². The van der Waals surface area contributed by atoms with Crippen molar-refractivity contribution in [3.05, 3.63) is 34.3 Å². The van der Waals surface area contributed by atoms with E-state index in [1.165, 1.54) is 35.8 Å². The van der Waals surface area contributed by atoms with Crippen LogP contribution in [-0.2, 0) is 6.54 Å². The molecule has 1 N–H and O–H groups in total. The highest BCUT2D eigenvalue weighted by molar-refractivity contribution is 9.10. The van der Waals surface area contributed by atoms with E-state index in [9.17, 15) is 0 Å². The molecule has 1 aliphatic heterocycles. The molecule has 2 atom stereocenters. The first-order valence-electron chi connectivity index (χ1n) is 7.81. The van der Waals surface area contributed by atoms with Gasteiger partial charge in [0, 0.05) is 29.1 Å². The molecule has 1 saturated heterocycles. The Hall–Kier alpha value is -0.380. The summed E-state index contributed by atoms with van der Waals surface area (Å²) in [6.07, 6.45) is 4.05. The van der Waals surface area contributed by atoms with E-state index >= 15 is 0 Å². The Morgan fingerprint density at radius 2 is 2.05 bits per heavy atom. The number of nitrogens with one attached hydrogen (secondary N) is 1. The molecule has 2 nitrogen and oxygen atoms in total. The Morgan fingerprint density at radius 3 is 2.75 bits per heavy atom. The Kier molecular flexibility index (Phi) is 4.21. The SMILES string of the molecule is CC1CCNC(C)(C2CC2)CN1Cc1ccccc1Br. The molecule has 1 heterocycles. The van der Waals surface area contributed by atoms with Crippen LogP contribution in [0.5, 0.6) is 0 Å². The summed E-state index contributed by atoms with van der Waals surface area (Å²) in [7, 11) is 0. The lowest BCUT2D eigenvalue weighted by atomic mass is 9.95. The Labute approximate surface area is 131 Å². The van der Waals surface area contributed by atoms with Crippen LogP contribution in [-0.4, -0.2) is 29.6 Å². The summed E-state index contributed by atoms with van der Waals surface area (Å²) in [6.45, 7) is 8.17. The lowest BCUT2D eigenvalue weighted by molar-refractivity contribution is 0.154. The van der Waals surface area contributed by atoms with Crippen LogP contribution in [0.3, 0.4) is 0 Å². The van der Waals surface area contributed by atoms with Crippen molar-refractivity contribution in [3.8, 4) is 0 Å². The third-order valence-electron chi connectivity index (χ3n) is 5.06. The standard InChI is InChI=1S/C17H25BrN2/c1-13-9-10-19-17(2,15-7-8-15)12-20(13)11-14-5-3-4-6-16(14)18/h3-6,13,15,19H,7-12H2,1-2H3. The number of benzene rings is 1. The number of rotatable bonds is 3. The molecule has 0 bridgehead atoms. The van der Waals surface area contributed by atoms with Crippen molar-refractivity contribution in [2.75, 3.05) is 13.1 Å². The van der Waals surface area contributed by atoms with Gasteiger partial charge in [0.1, 0.15) is 0 Å². The highest BCUT2D eigenvalue weighted by Gasteiger charge is 2.43. The van der Waals surface area contributed by atoms with Gasteiger partial charge in [0.15, 0.2) is 0 Å². The first-order valence-corrected chi connectivity index (χ1v) is 8.60. The molecule has 20 heavy (non-hydrogen) atoms. The average molecular weight is 337 g/mol. The molecule has 2 aliphatic rings. The molecule has 1 aromatic carbocycles. The van der Waals surface area contributed by atoms with Crippen molar-refractivity contribution < 1.29 is 0 Å². The second-order valence-electron chi connectivity index (χ2n) is 6.75. The molecule has 110 valence electrons. The van der Waals surface area contributed by atoms with Crippen LogP contribution in [0.2, 0.25) is 0 Å². The van der Waals surface area contributed by atoms with Gasteiger partial charge in [-0.05, 0) is 57.2 Å². The van der Waals surface area contributed by atoms with Crippen molar-refractivity contribution >= 4 is 15.9 Å². The van der Waals surface area contributed by atoms with E-state index in [0.29, 0.717) is 11.6 Å². The summed E-state index contributed by atoms with van der Waals surface area (Å²) in [6, 6.07) is 9.27. The lowest BCUT2D eigenvalue weighted by Gasteiger charge is -2.36. The maximum atomic E-state index is 3.83. The minimum absolute atomic E-state index is 0.312. The van der Waals surface area contributed by atoms with Crippen molar-refractivity contribution in [2.45, 2.75) is 51.2 Å². The van der Waals surface area contributed by atoms with Crippen molar-refractivity contribution in [1.29, 1.82) is 0 Å². The van der Waals surface area contributed by atoms with Crippen LogP contribution in [0.25, 0.3) is 0 Å². The Morgan fingerprint density at radius 1 is 1.30 bits per heavy atom. The summed E-state index contributed by atoms with van der Waals surface area (Å²) in [4.78, 5) is 2.67. The predicted octanol–water partition coefficient (Wildman–Crippen LogP) is 3.80. The second kappa shape index (κ2) is 5.78. The summed E-state index contributed by atoms with van der Waals surface area (Å²) < 4.78 is 1.23. The molecule has 1 saturated carbocycles. The average Bonchev–Trinajstić information content (AvgIpc) is 3.24. The zero-order valence-corrected chi connectivity index (χ0v) is 14.1. The summed E-state index contributed by atoms with van der Waals surface area (Å²) in [5.41, 5.74) is 1.71. The fraction of sp³-hybridized carbons (Fsp3) is 0.647. The number of hydrogen-bond acceptors (Lipinski definition) is 2. The van der Waals surface area contributed by atoms with Crippen LogP contribution in [0.1, 0.15) is 38.7 Å². The maximum absolute atomic E-state index is 3.83. The van der Waals surface area contributed by atoms with E-state index in [2.05, 4.69) is 64.3 Å². The van der Waals surface area contributed by atoms with Gasteiger partial charge in [0.25, 0.3) is 0 Å². The highest BCUT2D eigenvalue weighted by atomic mass is 79.9. The van der Waals surface area contributed by atoms with E-state index in [-0.39, 0.29) is 0 Å². The molecule has 0 aromatic heterocycles. The largest absolute Gasteiger partial charge is 0.310 e. The van der Waals surface area contributed by atoms with Gasteiger partial charge in [0.05, 0.1) is 0 Å². The molecule has 0 amide bonds. The molecule has 3 rings (SSSR count).